The topological polar surface area (TPSA) is 155 Å². The van der Waals surface area contributed by atoms with Crippen LogP contribution in [-0.2, 0) is 32.3 Å². The molecule has 2 rings (SSSR count). The first kappa shape index (κ1) is 34.4. The van der Waals surface area contributed by atoms with Crippen molar-refractivity contribution in [3.8, 4) is 0 Å². The predicted molar refractivity (Wildman–Crippen MR) is 163 cm³/mol. The summed E-state index contributed by atoms with van der Waals surface area (Å²) in [6.45, 7) is 9.08. The van der Waals surface area contributed by atoms with Crippen molar-refractivity contribution in [3.63, 3.8) is 0 Å². The van der Waals surface area contributed by atoms with Gasteiger partial charge in [-0.2, -0.15) is 11.8 Å². The van der Waals surface area contributed by atoms with Crippen LogP contribution in [-0.4, -0.2) is 64.8 Å². The van der Waals surface area contributed by atoms with Gasteiger partial charge in [0.2, 0.25) is 11.8 Å². The first-order valence-corrected chi connectivity index (χ1v) is 14.9. The molecule has 0 bridgehead atoms. The molecule has 42 heavy (non-hydrogen) atoms. The van der Waals surface area contributed by atoms with Gasteiger partial charge in [-0.1, -0.05) is 56.3 Å². The Morgan fingerprint density at radius 2 is 1.55 bits per heavy atom. The van der Waals surface area contributed by atoms with E-state index in [1.807, 2.05) is 30.3 Å². The van der Waals surface area contributed by atoms with Crippen molar-refractivity contribution < 1.29 is 33.8 Å². The van der Waals surface area contributed by atoms with Crippen molar-refractivity contribution in [2.45, 2.75) is 65.5 Å². The minimum absolute atomic E-state index is 0.0488. The molecular formula is C30H42N4O7S. The van der Waals surface area contributed by atoms with Crippen LogP contribution in [0.15, 0.2) is 54.6 Å². The van der Waals surface area contributed by atoms with E-state index >= 15 is 0 Å². The van der Waals surface area contributed by atoms with Gasteiger partial charge in [-0.05, 0) is 49.9 Å². The highest BCUT2D eigenvalue weighted by Gasteiger charge is 2.29. The largest absolute Gasteiger partial charge is 0.445 e. The maximum Gasteiger partial charge on any atom is 0.408 e. The van der Waals surface area contributed by atoms with Crippen LogP contribution in [0.4, 0.5) is 15.3 Å². The van der Waals surface area contributed by atoms with Crippen molar-refractivity contribution in [1.29, 1.82) is 0 Å². The number of benzene rings is 2. The minimum Gasteiger partial charge on any atom is -0.445 e. The molecule has 230 valence electrons. The number of aliphatic hydroxyl groups is 1. The second kappa shape index (κ2) is 17.2. The van der Waals surface area contributed by atoms with E-state index in [0.717, 1.165) is 5.56 Å². The molecule has 0 unspecified atom stereocenters. The van der Waals surface area contributed by atoms with Crippen LogP contribution in [0.3, 0.4) is 0 Å². The van der Waals surface area contributed by atoms with Gasteiger partial charge in [0.25, 0.3) is 0 Å². The van der Waals surface area contributed by atoms with E-state index in [1.54, 1.807) is 58.9 Å². The summed E-state index contributed by atoms with van der Waals surface area (Å²) in [5.41, 5.74) is 1.38. The summed E-state index contributed by atoms with van der Waals surface area (Å²) in [5, 5.41) is 20.1. The van der Waals surface area contributed by atoms with Gasteiger partial charge in [-0.25, -0.2) is 9.59 Å². The minimum atomic E-state index is -0.954. The quantitative estimate of drug-likeness (QED) is 0.205. The van der Waals surface area contributed by atoms with Gasteiger partial charge >= 0.3 is 12.2 Å². The van der Waals surface area contributed by atoms with Crippen molar-refractivity contribution in [2.75, 3.05) is 23.4 Å². The number of carbonyl (C=O) groups excluding carboxylic acids is 4. The van der Waals surface area contributed by atoms with Crippen LogP contribution in [0.2, 0.25) is 0 Å². The van der Waals surface area contributed by atoms with E-state index in [0.29, 0.717) is 23.5 Å². The molecule has 2 aromatic rings. The zero-order valence-electron chi connectivity index (χ0n) is 24.8. The monoisotopic (exact) mass is 602 g/mol. The predicted octanol–water partition coefficient (Wildman–Crippen LogP) is 3.81. The van der Waals surface area contributed by atoms with Crippen LogP contribution < -0.4 is 21.3 Å². The van der Waals surface area contributed by atoms with Crippen molar-refractivity contribution in [3.05, 3.63) is 65.7 Å². The zero-order chi connectivity index (χ0) is 31.1. The molecule has 0 saturated carbocycles. The Hall–Kier alpha value is -3.77. The molecule has 2 aromatic carbocycles. The zero-order valence-corrected chi connectivity index (χ0v) is 25.6. The number of nitrogens with one attached hydrogen (secondary N) is 4. The molecule has 11 nitrogen and oxygen atoms in total. The number of anilines is 1. The van der Waals surface area contributed by atoms with Crippen LogP contribution in [0.5, 0.6) is 0 Å². The number of rotatable bonds is 14. The second-order valence-electron chi connectivity index (χ2n) is 10.8. The Bertz CT molecular complexity index is 1150. The van der Waals surface area contributed by atoms with E-state index < -0.39 is 41.7 Å². The SMILES string of the molecule is CC(C)[C@H](NC(=O)OCc1ccccc1)C(=O)N[C@H](CSCCNC(=O)OC(C)(C)C)C(=O)Nc1ccc(CO)cc1. The van der Waals surface area contributed by atoms with Gasteiger partial charge < -0.3 is 35.8 Å². The molecule has 0 aliphatic carbocycles. The molecule has 0 heterocycles. The van der Waals surface area contributed by atoms with Gasteiger partial charge in [-0.3, -0.25) is 9.59 Å². The lowest BCUT2D eigenvalue weighted by Crippen LogP contribution is -2.55. The van der Waals surface area contributed by atoms with E-state index in [9.17, 15) is 24.3 Å². The fraction of sp³-hybridized carbons (Fsp3) is 0.467. The molecule has 2 atom stereocenters. The number of amides is 4. The Kier molecular flexibility index (Phi) is 14.1. The van der Waals surface area contributed by atoms with Crippen LogP contribution in [0.25, 0.3) is 0 Å². The summed E-state index contributed by atoms with van der Waals surface area (Å²) in [7, 11) is 0. The summed E-state index contributed by atoms with van der Waals surface area (Å²) in [4.78, 5) is 50.9. The average molecular weight is 603 g/mol. The molecule has 4 amide bonds. The Morgan fingerprint density at radius 3 is 2.14 bits per heavy atom. The summed E-state index contributed by atoms with van der Waals surface area (Å²) in [5.74, 6) is -0.630. The second-order valence-corrected chi connectivity index (χ2v) is 12.0. The molecular weight excluding hydrogens is 560 g/mol. The smallest absolute Gasteiger partial charge is 0.408 e. The molecule has 0 saturated heterocycles. The first-order valence-electron chi connectivity index (χ1n) is 13.7. The highest BCUT2D eigenvalue weighted by molar-refractivity contribution is 7.99. The molecule has 12 heteroatoms. The van der Waals surface area contributed by atoms with Crippen molar-refractivity contribution in [1.82, 2.24) is 16.0 Å². The first-order chi connectivity index (χ1) is 19.9. The Balaban J connectivity index is 2.02. The molecule has 5 N–H and O–H groups in total. The van der Waals surface area contributed by atoms with Gasteiger partial charge in [0.15, 0.2) is 0 Å². The third kappa shape index (κ3) is 13.3. The fourth-order valence-electron chi connectivity index (χ4n) is 3.53. The average Bonchev–Trinajstić information content (AvgIpc) is 2.93. The molecule has 0 spiro atoms. The number of carbonyl (C=O) groups is 4. The molecule has 0 aliphatic rings. The standard InChI is InChI=1S/C30H42N4O7S/c1-20(2)25(34-29(39)40-18-22-9-7-6-8-10-22)27(37)33-24(19-42-16-15-31-28(38)41-30(3,4)5)26(36)32-23-13-11-21(17-35)12-14-23/h6-14,20,24-25,35H,15-19H2,1-5H3,(H,31,38)(H,32,36)(H,33,37)(H,34,39)/t24-,25+/m1/s1. The van der Waals surface area contributed by atoms with Crippen LogP contribution >= 0.6 is 11.8 Å². The maximum atomic E-state index is 13.3. The van der Waals surface area contributed by atoms with E-state index in [2.05, 4.69) is 21.3 Å². The van der Waals surface area contributed by atoms with Crippen molar-refractivity contribution >= 4 is 41.5 Å². The Morgan fingerprint density at radius 1 is 0.881 bits per heavy atom. The highest BCUT2D eigenvalue weighted by Crippen LogP contribution is 2.13. The molecule has 0 aliphatic heterocycles. The van der Waals surface area contributed by atoms with E-state index in [4.69, 9.17) is 9.47 Å². The number of hydrogen-bond acceptors (Lipinski definition) is 8. The van der Waals surface area contributed by atoms with Gasteiger partial charge in [0.1, 0.15) is 24.3 Å². The number of ether oxygens (including phenoxy) is 2. The molecule has 0 aromatic heterocycles. The van der Waals surface area contributed by atoms with Gasteiger partial charge in [-0.15, -0.1) is 0 Å². The summed E-state index contributed by atoms with van der Waals surface area (Å²) in [6.07, 6.45) is -1.29. The molecule has 0 radical (unpaired) electrons. The Labute approximate surface area is 251 Å². The molecule has 0 fully saturated rings. The summed E-state index contributed by atoms with van der Waals surface area (Å²) >= 11 is 1.36. The van der Waals surface area contributed by atoms with Gasteiger partial charge in [0, 0.05) is 23.7 Å². The lowest BCUT2D eigenvalue weighted by Gasteiger charge is -2.25. The third-order valence-electron chi connectivity index (χ3n) is 5.67. The maximum absolute atomic E-state index is 13.3. The van der Waals surface area contributed by atoms with Gasteiger partial charge in [0.05, 0.1) is 6.61 Å². The number of aliphatic hydroxyl groups excluding tert-OH is 1. The lowest BCUT2D eigenvalue weighted by atomic mass is 10.0. The van der Waals surface area contributed by atoms with Crippen LogP contribution in [0.1, 0.15) is 45.7 Å². The van der Waals surface area contributed by atoms with Crippen molar-refractivity contribution in [2.24, 2.45) is 5.92 Å². The van der Waals surface area contributed by atoms with Crippen LogP contribution in [0, 0.1) is 5.92 Å². The summed E-state index contributed by atoms with van der Waals surface area (Å²) < 4.78 is 10.5. The number of hydrogen-bond donors (Lipinski definition) is 5. The van der Waals surface area contributed by atoms with E-state index in [-0.39, 0.29) is 24.9 Å². The number of thioether (sulfide) groups is 1. The lowest BCUT2D eigenvalue weighted by molar-refractivity contribution is -0.128. The third-order valence-corrected chi connectivity index (χ3v) is 6.73. The normalized spacial score (nSPS) is 12.5. The van der Waals surface area contributed by atoms with E-state index in [1.165, 1.54) is 11.8 Å². The summed E-state index contributed by atoms with van der Waals surface area (Å²) in [6, 6.07) is 13.9. The highest BCUT2D eigenvalue weighted by atomic mass is 32.2. The fourth-order valence-corrected chi connectivity index (χ4v) is 4.42. The number of alkyl carbamates (subject to hydrolysis) is 2.